The van der Waals surface area contributed by atoms with Crippen molar-refractivity contribution in [3.8, 4) is 5.75 Å². The van der Waals surface area contributed by atoms with Gasteiger partial charge >= 0.3 is 0 Å². The number of carbonyl (C=O) groups is 1. The Morgan fingerprint density at radius 3 is 2.58 bits per heavy atom. The van der Waals surface area contributed by atoms with Crippen molar-refractivity contribution in [1.29, 1.82) is 0 Å². The van der Waals surface area contributed by atoms with Crippen molar-refractivity contribution in [3.63, 3.8) is 0 Å². The molecular weight excluding hydrogens is 428 g/mol. The van der Waals surface area contributed by atoms with Crippen LogP contribution in [0.1, 0.15) is 15.9 Å². The summed E-state index contributed by atoms with van der Waals surface area (Å²) < 4.78 is 59.4. The maximum atomic E-state index is 13.3. The lowest BCUT2D eigenvalue weighted by Gasteiger charge is -2.13. The van der Waals surface area contributed by atoms with Crippen LogP contribution in [0.2, 0.25) is 0 Å². The molecule has 2 aromatic carbocycles. The van der Waals surface area contributed by atoms with Gasteiger partial charge in [0.05, 0.1) is 30.8 Å². The van der Waals surface area contributed by atoms with Crippen LogP contribution >= 0.6 is 0 Å². The van der Waals surface area contributed by atoms with Gasteiger partial charge < -0.3 is 10.1 Å². The number of anilines is 1. The molecule has 1 amide bonds. The zero-order valence-corrected chi connectivity index (χ0v) is 17.2. The number of amides is 1. The molecule has 0 aliphatic carbocycles. The van der Waals surface area contributed by atoms with E-state index in [1.54, 1.807) is 0 Å². The maximum Gasteiger partial charge on any atom is 0.262 e. The number of hydrogen-bond donors (Lipinski definition) is 2. The first-order valence-electron chi connectivity index (χ1n) is 9.13. The average Bonchev–Trinajstić information content (AvgIpc) is 2.76. The third-order valence-electron chi connectivity index (χ3n) is 4.31. The standard InChI is InChI=1S/C21H19F2N3O4S/c1-30-16-11-15(12-24-13-16)26-31(28,29)20-5-3-2-4-17(20)21(27)25-9-8-14-6-7-18(22)19(23)10-14/h2-7,10-13,26H,8-9H2,1H3,(H,25,27). The van der Waals surface area contributed by atoms with Crippen LogP contribution in [0.15, 0.2) is 65.8 Å². The lowest BCUT2D eigenvalue weighted by Crippen LogP contribution is -2.28. The molecule has 31 heavy (non-hydrogen) atoms. The topological polar surface area (TPSA) is 97.4 Å². The molecule has 162 valence electrons. The molecule has 0 fully saturated rings. The number of halogens is 2. The van der Waals surface area contributed by atoms with E-state index in [0.29, 0.717) is 11.3 Å². The summed E-state index contributed by atoms with van der Waals surface area (Å²) in [5.41, 5.74) is 0.608. The molecule has 3 rings (SSSR count). The van der Waals surface area contributed by atoms with Crippen molar-refractivity contribution in [3.05, 3.63) is 83.7 Å². The number of sulfonamides is 1. The highest BCUT2D eigenvalue weighted by molar-refractivity contribution is 7.92. The fraction of sp³-hybridized carbons (Fsp3) is 0.143. The predicted octanol–water partition coefficient (Wildman–Crippen LogP) is 3.14. The number of rotatable bonds is 8. The molecular formula is C21H19F2N3O4S. The number of hydrogen-bond acceptors (Lipinski definition) is 5. The molecule has 1 heterocycles. The van der Waals surface area contributed by atoms with Crippen LogP contribution in [-0.4, -0.2) is 33.0 Å². The van der Waals surface area contributed by atoms with Crippen molar-refractivity contribution in [2.24, 2.45) is 0 Å². The number of ether oxygens (including phenoxy) is 1. The minimum absolute atomic E-state index is 0.0591. The van der Waals surface area contributed by atoms with Gasteiger partial charge in [-0.1, -0.05) is 18.2 Å². The van der Waals surface area contributed by atoms with Gasteiger partial charge in [0.1, 0.15) is 10.6 Å². The van der Waals surface area contributed by atoms with Gasteiger partial charge in [0.25, 0.3) is 15.9 Å². The second-order valence-corrected chi connectivity index (χ2v) is 8.12. The fourth-order valence-electron chi connectivity index (χ4n) is 2.80. The SMILES string of the molecule is COc1cncc(NS(=O)(=O)c2ccccc2C(=O)NCCc2ccc(F)c(F)c2)c1. The minimum Gasteiger partial charge on any atom is -0.495 e. The first kappa shape index (κ1) is 22.2. The third-order valence-corrected chi connectivity index (χ3v) is 5.74. The number of benzene rings is 2. The van der Waals surface area contributed by atoms with Gasteiger partial charge in [-0.05, 0) is 36.2 Å². The summed E-state index contributed by atoms with van der Waals surface area (Å²) in [5, 5.41) is 2.60. The Hall–Kier alpha value is -3.53. The van der Waals surface area contributed by atoms with Gasteiger partial charge in [-0.15, -0.1) is 0 Å². The van der Waals surface area contributed by atoms with Crippen LogP contribution in [0.25, 0.3) is 0 Å². The molecule has 2 N–H and O–H groups in total. The van der Waals surface area contributed by atoms with E-state index in [9.17, 15) is 22.0 Å². The lowest BCUT2D eigenvalue weighted by atomic mass is 10.1. The Morgan fingerprint density at radius 1 is 1.06 bits per heavy atom. The molecule has 3 aromatic rings. The number of carbonyl (C=O) groups excluding carboxylic acids is 1. The quantitative estimate of drug-likeness (QED) is 0.553. The van der Waals surface area contributed by atoms with Gasteiger partial charge in [-0.2, -0.15) is 0 Å². The molecule has 1 aromatic heterocycles. The number of methoxy groups -OCH3 is 1. The van der Waals surface area contributed by atoms with Crippen LogP contribution in [0, 0.1) is 11.6 Å². The Labute approximate surface area is 178 Å². The average molecular weight is 447 g/mol. The van der Waals surface area contributed by atoms with Crippen molar-refractivity contribution in [2.75, 3.05) is 18.4 Å². The van der Waals surface area contributed by atoms with Crippen LogP contribution in [0.4, 0.5) is 14.5 Å². The highest BCUT2D eigenvalue weighted by Gasteiger charge is 2.22. The van der Waals surface area contributed by atoms with Crippen molar-refractivity contribution < 1.29 is 26.7 Å². The molecule has 0 radical (unpaired) electrons. The predicted molar refractivity (Wildman–Crippen MR) is 110 cm³/mol. The summed E-state index contributed by atoms with van der Waals surface area (Å²) in [7, 11) is -2.67. The summed E-state index contributed by atoms with van der Waals surface area (Å²) in [6.07, 6.45) is 2.97. The van der Waals surface area contributed by atoms with E-state index in [0.717, 1.165) is 12.1 Å². The van der Waals surface area contributed by atoms with Crippen LogP contribution in [-0.2, 0) is 16.4 Å². The van der Waals surface area contributed by atoms with Crippen LogP contribution in [0.5, 0.6) is 5.75 Å². The van der Waals surface area contributed by atoms with Crippen molar-refractivity contribution in [1.82, 2.24) is 10.3 Å². The Balaban J connectivity index is 1.73. The molecule has 0 saturated heterocycles. The van der Waals surface area contributed by atoms with Gasteiger partial charge in [0, 0.05) is 12.6 Å². The van der Waals surface area contributed by atoms with E-state index in [1.807, 2.05) is 0 Å². The smallest absolute Gasteiger partial charge is 0.262 e. The molecule has 0 atom stereocenters. The number of nitrogens with zero attached hydrogens (tertiary/aromatic N) is 1. The zero-order chi connectivity index (χ0) is 22.4. The first-order chi connectivity index (χ1) is 14.8. The largest absolute Gasteiger partial charge is 0.495 e. The summed E-state index contributed by atoms with van der Waals surface area (Å²) >= 11 is 0. The maximum absolute atomic E-state index is 13.3. The molecule has 0 spiro atoms. The van der Waals surface area contributed by atoms with E-state index in [-0.39, 0.29) is 29.1 Å². The lowest BCUT2D eigenvalue weighted by molar-refractivity contribution is 0.0951. The van der Waals surface area contributed by atoms with Gasteiger partial charge in [0.2, 0.25) is 0 Å². The van der Waals surface area contributed by atoms with E-state index in [2.05, 4.69) is 15.0 Å². The molecule has 7 nitrogen and oxygen atoms in total. The Morgan fingerprint density at radius 2 is 1.84 bits per heavy atom. The zero-order valence-electron chi connectivity index (χ0n) is 16.4. The number of aromatic nitrogens is 1. The summed E-state index contributed by atoms with van der Waals surface area (Å²) in [6.45, 7) is 0.103. The number of pyridine rings is 1. The normalized spacial score (nSPS) is 11.1. The molecule has 0 aliphatic heterocycles. The highest BCUT2D eigenvalue weighted by Crippen LogP contribution is 2.22. The molecule has 0 bridgehead atoms. The highest BCUT2D eigenvalue weighted by atomic mass is 32.2. The van der Waals surface area contributed by atoms with E-state index in [1.165, 1.54) is 55.9 Å². The molecule has 0 aliphatic rings. The monoisotopic (exact) mass is 447 g/mol. The molecule has 0 unspecified atom stereocenters. The Kier molecular flexibility index (Phi) is 6.81. The van der Waals surface area contributed by atoms with Crippen LogP contribution < -0.4 is 14.8 Å². The fourth-order valence-corrected chi connectivity index (χ4v) is 4.04. The number of nitrogens with one attached hydrogen (secondary N) is 2. The van der Waals surface area contributed by atoms with Crippen molar-refractivity contribution in [2.45, 2.75) is 11.3 Å². The second kappa shape index (κ2) is 9.52. The summed E-state index contributed by atoms with van der Waals surface area (Å²) in [5.74, 6) is -2.18. The summed E-state index contributed by atoms with van der Waals surface area (Å²) in [6, 6.07) is 10.6. The molecule has 0 saturated carbocycles. The van der Waals surface area contributed by atoms with Crippen LogP contribution in [0.3, 0.4) is 0 Å². The first-order valence-corrected chi connectivity index (χ1v) is 10.6. The third kappa shape index (κ3) is 5.54. The van der Waals surface area contributed by atoms with Gasteiger partial charge in [-0.3, -0.25) is 14.5 Å². The van der Waals surface area contributed by atoms with E-state index < -0.39 is 27.6 Å². The van der Waals surface area contributed by atoms with E-state index >= 15 is 0 Å². The van der Waals surface area contributed by atoms with Crippen molar-refractivity contribution >= 4 is 21.6 Å². The Bertz CT molecular complexity index is 1200. The van der Waals surface area contributed by atoms with Gasteiger partial charge in [0.15, 0.2) is 11.6 Å². The van der Waals surface area contributed by atoms with Gasteiger partial charge in [-0.25, -0.2) is 17.2 Å². The molecule has 10 heteroatoms. The minimum atomic E-state index is -4.10. The second-order valence-electron chi connectivity index (χ2n) is 6.47. The summed E-state index contributed by atoms with van der Waals surface area (Å²) in [4.78, 5) is 16.3. The van der Waals surface area contributed by atoms with E-state index in [4.69, 9.17) is 4.74 Å².